The summed E-state index contributed by atoms with van der Waals surface area (Å²) in [6.45, 7) is 0. The molecule has 0 saturated heterocycles. The van der Waals surface area contributed by atoms with E-state index in [1.165, 1.54) is 6.07 Å². The van der Waals surface area contributed by atoms with Crippen molar-refractivity contribution in [2.45, 2.75) is 25.3 Å². The zero-order valence-electron chi connectivity index (χ0n) is 14.4. The van der Waals surface area contributed by atoms with Crippen molar-refractivity contribution >= 4 is 28.5 Å². The van der Waals surface area contributed by atoms with Crippen LogP contribution in [0.5, 0.6) is 0 Å². The van der Waals surface area contributed by atoms with E-state index in [4.69, 9.17) is 0 Å². The van der Waals surface area contributed by atoms with Gasteiger partial charge in [0.05, 0.1) is 22.0 Å². The van der Waals surface area contributed by atoms with Crippen molar-refractivity contribution in [2.24, 2.45) is 0 Å². The van der Waals surface area contributed by atoms with Crippen molar-refractivity contribution in [2.75, 3.05) is 5.32 Å². The predicted molar refractivity (Wildman–Crippen MR) is 100 cm³/mol. The van der Waals surface area contributed by atoms with Crippen LogP contribution < -0.4 is 5.32 Å². The highest BCUT2D eigenvalue weighted by Crippen LogP contribution is 2.43. The lowest BCUT2D eigenvalue weighted by molar-refractivity contribution is -0.384. The number of imidazole rings is 1. The molecule has 2 heterocycles. The molecule has 1 aliphatic carbocycles. The van der Waals surface area contributed by atoms with Gasteiger partial charge >= 0.3 is 0 Å². The maximum atomic E-state index is 12.8. The quantitative estimate of drug-likeness (QED) is 0.552. The fourth-order valence-electron chi connectivity index (χ4n) is 4.09. The number of carbonyl (C=O) groups excluding carboxylic acids is 1. The Bertz CT molecular complexity index is 1150. The first-order chi connectivity index (χ1) is 13.1. The Morgan fingerprint density at radius 2 is 2.00 bits per heavy atom. The number of anilines is 1. The average Bonchev–Trinajstić information content (AvgIpc) is 3.04. The standard InChI is InChI=1S/C20H16N4O3/c25-17-10-4-8-15-18(17)19(12-5-3-6-13(11-12)24(26)27)23-16-9-2-1-7-14(16)21-20(23)22-15/h1-3,5-7,9,11,19H,4,8,10H2,(H,21,22). The normalized spacial score (nSPS) is 18.8. The topological polar surface area (TPSA) is 90.1 Å². The van der Waals surface area contributed by atoms with Gasteiger partial charge in [-0.25, -0.2) is 4.98 Å². The number of nitro benzene ring substituents is 1. The van der Waals surface area contributed by atoms with Gasteiger partial charge in [-0.15, -0.1) is 0 Å². The van der Waals surface area contributed by atoms with E-state index < -0.39 is 11.0 Å². The molecule has 1 aliphatic heterocycles. The molecule has 0 fully saturated rings. The lowest BCUT2D eigenvalue weighted by Crippen LogP contribution is -2.30. The van der Waals surface area contributed by atoms with Crippen LogP contribution >= 0.6 is 0 Å². The molecule has 7 heteroatoms. The van der Waals surface area contributed by atoms with Gasteiger partial charge in [-0.3, -0.25) is 19.5 Å². The van der Waals surface area contributed by atoms with Gasteiger partial charge in [-0.05, 0) is 30.5 Å². The molecular weight excluding hydrogens is 344 g/mol. The maximum absolute atomic E-state index is 12.8. The van der Waals surface area contributed by atoms with Gasteiger partial charge < -0.3 is 5.32 Å². The molecular formula is C20H16N4O3. The van der Waals surface area contributed by atoms with Crippen molar-refractivity contribution in [3.8, 4) is 0 Å². The molecule has 7 nitrogen and oxygen atoms in total. The first-order valence-corrected chi connectivity index (χ1v) is 8.88. The largest absolute Gasteiger partial charge is 0.329 e. The Morgan fingerprint density at radius 1 is 1.15 bits per heavy atom. The Hall–Kier alpha value is -3.48. The summed E-state index contributed by atoms with van der Waals surface area (Å²) in [6.07, 6.45) is 2.07. The second-order valence-electron chi connectivity index (χ2n) is 6.84. The second-order valence-corrected chi connectivity index (χ2v) is 6.84. The van der Waals surface area contributed by atoms with Gasteiger partial charge in [-0.1, -0.05) is 24.3 Å². The highest BCUT2D eigenvalue weighted by molar-refractivity contribution is 6.00. The smallest absolute Gasteiger partial charge is 0.269 e. The zero-order valence-corrected chi connectivity index (χ0v) is 14.4. The highest BCUT2D eigenvalue weighted by Gasteiger charge is 2.36. The summed E-state index contributed by atoms with van der Waals surface area (Å²) in [4.78, 5) is 28.4. The Balaban J connectivity index is 1.80. The lowest BCUT2D eigenvalue weighted by Gasteiger charge is -2.33. The number of nitrogens with zero attached hydrogens (tertiary/aromatic N) is 3. The minimum absolute atomic E-state index is 0.0161. The van der Waals surface area contributed by atoms with Crippen LogP contribution in [0.4, 0.5) is 11.6 Å². The number of Topliss-reactive ketones (excluding diaryl/α,β-unsaturated/α-hetero) is 1. The highest BCUT2D eigenvalue weighted by atomic mass is 16.6. The molecule has 1 N–H and O–H groups in total. The average molecular weight is 360 g/mol. The third-order valence-electron chi connectivity index (χ3n) is 5.24. The number of non-ortho nitro benzene ring substituents is 1. The summed E-state index contributed by atoms with van der Waals surface area (Å²) in [6, 6.07) is 13.8. The number of para-hydroxylation sites is 2. The second kappa shape index (κ2) is 5.77. The molecule has 2 aliphatic rings. The fourth-order valence-corrected chi connectivity index (χ4v) is 4.09. The maximum Gasteiger partial charge on any atom is 0.269 e. The molecule has 1 aromatic heterocycles. The van der Waals surface area contributed by atoms with Gasteiger partial charge in [0.25, 0.3) is 5.69 Å². The number of allylic oxidation sites excluding steroid dienone is 2. The minimum Gasteiger partial charge on any atom is -0.329 e. The van der Waals surface area contributed by atoms with Crippen LogP contribution in [0.3, 0.4) is 0 Å². The van der Waals surface area contributed by atoms with Crippen molar-refractivity contribution in [1.29, 1.82) is 0 Å². The van der Waals surface area contributed by atoms with Crippen molar-refractivity contribution in [3.63, 3.8) is 0 Å². The van der Waals surface area contributed by atoms with E-state index >= 15 is 0 Å². The van der Waals surface area contributed by atoms with Crippen LogP contribution in [0, 0.1) is 10.1 Å². The predicted octanol–water partition coefficient (Wildman–Crippen LogP) is 3.97. The van der Waals surface area contributed by atoms with Gasteiger partial charge in [-0.2, -0.15) is 0 Å². The minimum atomic E-state index is -0.420. The van der Waals surface area contributed by atoms with E-state index in [1.807, 2.05) is 34.9 Å². The van der Waals surface area contributed by atoms with Crippen LogP contribution in [0.15, 0.2) is 59.8 Å². The molecule has 0 radical (unpaired) electrons. The summed E-state index contributed by atoms with van der Waals surface area (Å²) >= 11 is 0. The zero-order chi connectivity index (χ0) is 18.5. The summed E-state index contributed by atoms with van der Waals surface area (Å²) < 4.78 is 1.98. The number of ketones is 1. The van der Waals surface area contributed by atoms with Crippen LogP contribution in [0.2, 0.25) is 0 Å². The van der Waals surface area contributed by atoms with Crippen molar-refractivity contribution < 1.29 is 9.72 Å². The van der Waals surface area contributed by atoms with E-state index in [1.54, 1.807) is 12.1 Å². The summed E-state index contributed by atoms with van der Waals surface area (Å²) in [7, 11) is 0. The number of fused-ring (bicyclic) bond motifs is 3. The first kappa shape index (κ1) is 15.7. The summed E-state index contributed by atoms with van der Waals surface area (Å²) in [5.41, 5.74) is 4.02. The third kappa shape index (κ3) is 2.35. The molecule has 0 amide bonds. The third-order valence-corrected chi connectivity index (χ3v) is 5.24. The number of aromatic nitrogens is 2. The van der Waals surface area contributed by atoms with Crippen molar-refractivity contribution in [3.05, 3.63) is 75.5 Å². The molecule has 27 heavy (non-hydrogen) atoms. The summed E-state index contributed by atoms with van der Waals surface area (Å²) in [5, 5.41) is 14.6. The fraction of sp³-hybridized carbons (Fsp3) is 0.200. The number of carbonyl (C=O) groups is 1. The Labute approximate surface area is 154 Å². The monoisotopic (exact) mass is 360 g/mol. The Morgan fingerprint density at radius 3 is 2.85 bits per heavy atom. The van der Waals surface area contributed by atoms with E-state index in [0.717, 1.165) is 35.1 Å². The molecule has 5 rings (SSSR count). The molecule has 2 aromatic carbocycles. The van der Waals surface area contributed by atoms with E-state index in [9.17, 15) is 14.9 Å². The number of nitro groups is 1. The van der Waals surface area contributed by atoms with E-state index in [-0.39, 0.29) is 11.5 Å². The van der Waals surface area contributed by atoms with E-state index in [2.05, 4.69) is 10.3 Å². The first-order valence-electron chi connectivity index (χ1n) is 8.88. The molecule has 0 bridgehead atoms. The van der Waals surface area contributed by atoms with Gasteiger partial charge in [0.15, 0.2) is 5.78 Å². The molecule has 1 atom stereocenters. The molecule has 1 unspecified atom stereocenters. The van der Waals surface area contributed by atoms with Crippen LogP contribution in [-0.4, -0.2) is 20.3 Å². The van der Waals surface area contributed by atoms with Crippen molar-refractivity contribution in [1.82, 2.24) is 9.55 Å². The number of benzene rings is 2. The SMILES string of the molecule is O=C1CCCC2=C1C(c1cccc([N+](=O)[O-])c1)n1c(nc3ccccc31)N2. The lowest BCUT2D eigenvalue weighted by atomic mass is 9.85. The number of nitrogens with one attached hydrogen (secondary N) is 1. The number of hydrogen-bond donors (Lipinski definition) is 1. The number of hydrogen-bond acceptors (Lipinski definition) is 5. The molecule has 0 spiro atoms. The van der Waals surface area contributed by atoms with Gasteiger partial charge in [0.1, 0.15) is 0 Å². The van der Waals surface area contributed by atoms with Crippen LogP contribution in [0.25, 0.3) is 11.0 Å². The number of rotatable bonds is 2. The van der Waals surface area contributed by atoms with Gasteiger partial charge in [0, 0.05) is 29.8 Å². The molecule has 3 aromatic rings. The summed E-state index contributed by atoms with van der Waals surface area (Å²) in [5.74, 6) is 0.754. The van der Waals surface area contributed by atoms with E-state index in [0.29, 0.717) is 17.9 Å². The Kier molecular flexibility index (Phi) is 3.36. The molecule has 134 valence electrons. The van der Waals surface area contributed by atoms with Crippen LogP contribution in [0.1, 0.15) is 30.9 Å². The van der Waals surface area contributed by atoms with Crippen LogP contribution in [-0.2, 0) is 4.79 Å². The van der Waals surface area contributed by atoms with Gasteiger partial charge in [0.2, 0.25) is 5.95 Å². The molecule has 0 saturated carbocycles.